The SMILES string of the molecule is Cc1cccc(C)c1NC(=O)C1N([C@H](C)CO)C(=O)[C@@H]2[C@H](C(=O)NCc3ccccc3)[C@H]3SC12CC3Br. The van der Waals surface area contributed by atoms with Crippen molar-refractivity contribution in [1.29, 1.82) is 0 Å². The summed E-state index contributed by atoms with van der Waals surface area (Å²) in [6.45, 7) is 5.74. The molecular formula is C28H32BrN3O4S. The molecule has 2 bridgehead atoms. The molecule has 0 aromatic heterocycles. The molecule has 7 nitrogen and oxygen atoms in total. The van der Waals surface area contributed by atoms with E-state index < -0.39 is 28.7 Å². The Morgan fingerprint density at radius 2 is 1.81 bits per heavy atom. The third kappa shape index (κ3) is 4.29. The molecule has 2 aromatic rings. The first-order valence-electron chi connectivity index (χ1n) is 12.6. The molecule has 7 atom stereocenters. The molecule has 0 radical (unpaired) electrons. The van der Waals surface area contributed by atoms with Crippen LogP contribution in [0.15, 0.2) is 48.5 Å². The van der Waals surface area contributed by atoms with Gasteiger partial charge in [-0.1, -0.05) is 64.5 Å². The molecule has 3 amide bonds. The molecule has 3 fully saturated rings. The molecule has 3 aliphatic rings. The number of nitrogens with zero attached hydrogens (tertiary/aromatic N) is 1. The lowest BCUT2D eigenvalue weighted by Crippen LogP contribution is -2.55. The first-order valence-corrected chi connectivity index (χ1v) is 14.4. The number of halogens is 1. The Morgan fingerprint density at radius 1 is 1.14 bits per heavy atom. The van der Waals surface area contributed by atoms with Gasteiger partial charge in [0.05, 0.1) is 29.2 Å². The average molecular weight is 587 g/mol. The van der Waals surface area contributed by atoms with Gasteiger partial charge in [0.15, 0.2) is 0 Å². The van der Waals surface area contributed by atoms with Gasteiger partial charge in [0.1, 0.15) is 6.04 Å². The highest BCUT2D eigenvalue weighted by molar-refractivity contribution is 9.09. The molecule has 3 N–H and O–H groups in total. The average Bonchev–Trinajstić information content (AvgIpc) is 3.48. The van der Waals surface area contributed by atoms with Crippen molar-refractivity contribution in [2.45, 2.75) is 60.6 Å². The van der Waals surface area contributed by atoms with Gasteiger partial charge in [0.25, 0.3) is 0 Å². The highest BCUT2D eigenvalue weighted by Crippen LogP contribution is 2.68. The highest BCUT2D eigenvalue weighted by atomic mass is 79.9. The number of aryl methyl sites for hydroxylation is 2. The molecule has 9 heteroatoms. The zero-order valence-corrected chi connectivity index (χ0v) is 23.5. The fraction of sp³-hybridized carbons (Fsp3) is 0.464. The number of thioether (sulfide) groups is 1. The van der Waals surface area contributed by atoms with Crippen molar-refractivity contribution in [3.63, 3.8) is 0 Å². The van der Waals surface area contributed by atoms with Crippen LogP contribution in [0.5, 0.6) is 0 Å². The van der Waals surface area contributed by atoms with E-state index in [-0.39, 0.29) is 34.4 Å². The molecule has 3 heterocycles. The molecule has 3 aliphatic heterocycles. The summed E-state index contributed by atoms with van der Waals surface area (Å²) in [5, 5.41) is 16.1. The number of carbonyl (C=O) groups is 3. The molecule has 3 saturated heterocycles. The van der Waals surface area contributed by atoms with E-state index in [1.54, 1.807) is 23.6 Å². The van der Waals surface area contributed by atoms with Crippen molar-refractivity contribution >= 4 is 51.1 Å². The topological polar surface area (TPSA) is 98.7 Å². The van der Waals surface area contributed by atoms with Crippen LogP contribution in [0, 0.1) is 25.7 Å². The predicted molar refractivity (Wildman–Crippen MR) is 148 cm³/mol. The number of alkyl halides is 1. The molecule has 0 saturated carbocycles. The number of aliphatic hydroxyl groups is 1. The number of nitrogens with one attached hydrogen (secondary N) is 2. The van der Waals surface area contributed by atoms with Crippen molar-refractivity contribution in [2.75, 3.05) is 11.9 Å². The number of aliphatic hydroxyl groups excluding tert-OH is 1. The number of fused-ring (bicyclic) bond motifs is 1. The number of hydrogen-bond acceptors (Lipinski definition) is 5. The quantitative estimate of drug-likeness (QED) is 0.433. The van der Waals surface area contributed by atoms with Crippen molar-refractivity contribution < 1.29 is 19.5 Å². The summed E-state index contributed by atoms with van der Waals surface area (Å²) in [6, 6.07) is 14.1. The minimum Gasteiger partial charge on any atom is -0.394 e. The number of likely N-dealkylation sites (tertiary alicyclic amines) is 1. The lowest BCUT2D eigenvalue weighted by molar-refractivity contribution is -0.141. The molecule has 3 unspecified atom stereocenters. The largest absolute Gasteiger partial charge is 0.394 e. The highest BCUT2D eigenvalue weighted by Gasteiger charge is 2.76. The summed E-state index contributed by atoms with van der Waals surface area (Å²) < 4.78 is -0.755. The van der Waals surface area contributed by atoms with Gasteiger partial charge >= 0.3 is 0 Å². The second kappa shape index (κ2) is 10.1. The number of amides is 3. The Hall–Kier alpha value is -2.36. The Labute approximate surface area is 229 Å². The molecule has 37 heavy (non-hydrogen) atoms. The fourth-order valence-corrected chi connectivity index (χ4v) is 9.93. The smallest absolute Gasteiger partial charge is 0.248 e. The van der Waals surface area contributed by atoms with E-state index in [1.165, 1.54) is 0 Å². The van der Waals surface area contributed by atoms with E-state index in [2.05, 4.69) is 26.6 Å². The molecule has 1 spiro atoms. The standard InChI is InChI=1S/C28H32BrN3O4S/c1-15-8-7-9-16(2)22(15)31-26(35)24-28-12-19(29)23(37-28)20(21(28)27(36)32(24)17(3)14-33)25(34)30-13-18-10-5-4-6-11-18/h4-11,17,19-21,23-24,33H,12-14H2,1-3H3,(H,30,34)(H,31,35)/t17-,19?,20+,21+,23+,24?,28?/m1/s1. The minimum absolute atomic E-state index is 0.00564. The van der Waals surface area contributed by atoms with Crippen molar-refractivity contribution in [3.05, 3.63) is 65.2 Å². The summed E-state index contributed by atoms with van der Waals surface area (Å²) >= 11 is 5.37. The van der Waals surface area contributed by atoms with Crippen LogP contribution in [-0.4, -0.2) is 61.2 Å². The summed E-state index contributed by atoms with van der Waals surface area (Å²) in [5.41, 5.74) is 3.60. The summed E-state index contributed by atoms with van der Waals surface area (Å²) in [6.07, 6.45) is 0.598. The van der Waals surface area contributed by atoms with Gasteiger partial charge in [-0.05, 0) is 43.9 Å². The van der Waals surface area contributed by atoms with Crippen molar-refractivity contribution in [3.8, 4) is 0 Å². The van der Waals surface area contributed by atoms with Gasteiger partial charge < -0.3 is 20.6 Å². The van der Waals surface area contributed by atoms with Crippen LogP contribution < -0.4 is 10.6 Å². The lowest BCUT2D eigenvalue weighted by Gasteiger charge is -2.36. The Morgan fingerprint density at radius 3 is 2.46 bits per heavy atom. The van der Waals surface area contributed by atoms with Crippen LogP contribution in [-0.2, 0) is 20.9 Å². The van der Waals surface area contributed by atoms with E-state index in [1.807, 2.05) is 62.4 Å². The van der Waals surface area contributed by atoms with Crippen LogP contribution in [0.25, 0.3) is 0 Å². The number of anilines is 1. The van der Waals surface area contributed by atoms with E-state index in [9.17, 15) is 19.5 Å². The number of carbonyl (C=O) groups excluding carboxylic acids is 3. The first-order chi connectivity index (χ1) is 17.7. The number of para-hydroxylation sites is 1. The Bertz CT molecular complexity index is 1210. The molecular weight excluding hydrogens is 554 g/mol. The van der Waals surface area contributed by atoms with Crippen LogP contribution in [0.4, 0.5) is 5.69 Å². The summed E-state index contributed by atoms with van der Waals surface area (Å²) in [7, 11) is 0. The van der Waals surface area contributed by atoms with Crippen LogP contribution >= 0.6 is 27.7 Å². The van der Waals surface area contributed by atoms with Gasteiger partial charge in [0, 0.05) is 22.3 Å². The number of benzene rings is 2. The monoisotopic (exact) mass is 585 g/mol. The Kier molecular flexibility index (Phi) is 7.15. The zero-order valence-electron chi connectivity index (χ0n) is 21.1. The van der Waals surface area contributed by atoms with Gasteiger partial charge in [-0.3, -0.25) is 14.4 Å². The van der Waals surface area contributed by atoms with Crippen LogP contribution in [0.2, 0.25) is 0 Å². The first kappa shape index (κ1) is 26.3. The zero-order chi connectivity index (χ0) is 26.5. The summed E-state index contributed by atoms with van der Waals surface area (Å²) in [4.78, 5) is 43.1. The predicted octanol–water partition coefficient (Wildman–Crippen LogP) is 3.40. The van der Waals surface area contributed by atoms with Gasteiger partial charge in [-0.15, -0.1) is 11.8 Å². The van der Waals surface area contributed by atoms with Crippen molar-refractivity contribution in [1.82, 2.24) is 10.2 Å². The third-order valence-corrected chi connectivity index (χ3v) is 11.3. The second-order valence-corrected chi connectivity index (χ2v) is 13.1. The molecule has 196 valence electrons. The van der Waals surface area contributed by atoms with Gasteiger partial charge in [-0.25, -0.2) is 0 Å². The van der Waals surface area contributed by atoms with E-state index >= 15 is 0 Å². The number of rotatable bonds is 7. The number of hydrogen-bond donors (Lipinski definition) is 3. The maximum Gasteiger partial charge on any atom is 0.248 e. The third-order valence-electron chi connectivity index (χ3n) is 8.06. The lowest BCUT2D eigenvalue weighted by atomic mass is 9.70. The van der Waals surface area contributed by atoms with E-state index in [4.69, 9.17) is 0 Å². The fourth-order valence-electron chi connectivity index (χ4n) is 6.33. The van der Waals surface area contributed by atoms with Crippen LogP contribution in [0.1, 0.15) is 30.0 Å². The maximum atomic E-state index is 14.0. The van der Waals surface area contributed by atoms with E-state index in [0.29, 0.717) is 13.0 Å². The minimum atomic E-state index is -0.798. The molecule has 5 rings (SSSR count). The maximum absolute atomic E-state index is 14.0. The van der Waals surface area contributed by atoms with E-state index in [0.717, 1.165) is 22.4 Å². The Balaban J connectivity index is 1.48. The summed E-state index contributed by atoms with van der Waals surface area (Å²) in [5.74, 6) is -1.86. The normalized spacial score (nSPS) is 30.8. The molecule has 0 aliphatic carbocycles. The van der Waals surface area contributed by atoms with Gasteiger partial charge in [0.2, 0.25) is 17.7 Å². The van der Waals surface area contributed by atoms with Gasteiger partial charge in [-0.2, -0.15) is 0 Å². The second-order valence-electron chi connectivity index (χ2n) is 10.4. The van der Waals surface area contributed by atoms with Crippen molar-refractivity contribution in [2.24, 2.45) is 11.8 Å². The molecule has 2 aromatic carbocycles. The van der Waals surface area contributed by atoms with Crippen LogP contribution in [0.3, 0.4) is 0 Å².